The van der Waals surface area contributed by atoms with E-state index in [4.69, 9.17) is 0 Å². The SMILES string of the molecule is CN(CCCNC(=O)C1(c2ccccc2)CC1)C(=O)C1CCC1. The lowest BCUT2D eigenvalue weighted by atomic mass is 9.84. The van der Waals surface area contributed by atoms with Gasteiger partial charge in [-0.25, -0.2) is 0 Å². The molecule has 2 saturated carbocycles. The van der Waals surface area contributed by atoms with Crippen molar-refractivity contribution in [3.8, 4) is 0 Å². The largest absolute Gasteiger partial charge is 0.355 e. The lowest BCUT2D eigenvalue weighted by Gasteiger charge is -2.29. The molecule has 0 heterocycles. The van der Waals surface area contributed by atoms with Gasteiger partial charge in [0, 0.05) is 26.1 Å². The van der Waals surface area contributed by atoms with E-state index in [-0.39, 0.29) is 23.1 Å². The maximum atomic E-state index is 12.5. The number of carbonyl (C=O) groups is 2. The monoisotopic (exact) mass is 314 g/mol. The van der Waals surface area contributed by atoms with E-state index >= 15 is 0 Å². The topological polar surface area (TPSA) is 49.4 Å². The third-order valence-corrected chi connectivity index (χ3v) is 5.30. The summed E-state index contributed by atoms with van der Waals surface area (Å²) < 4.78 is 0. The van der Waals surface area contributed by atoms with E-state index < -0.39 is 0 Å². The van der Waals surface area contributed by atoms with Gasteiger partial charge in [0.2, 0.25) is 11.8 Å². The van der Waals surface area contributed by atoms with Crippen molar-refractivity contribution in [3.63, 3.8) is 0 Å². The van der Waals surface area contributed by atoms with Crippen LogP contribution in [-0.4, -0.2) is 36.9 Å². The number of nitrogens with one attached hydrogen (secondary N) is 1. The summed E-state index contributed by atoms with van der Waals surface area (Å²) in [6.07, 6.45) is 5.94. The molecule has 0 atom stereocenters. The van der Waals surface area contributed by atoms with Gasteiger partial charge in [0.15, 0.2) is 0 Å². The molecule has 2 aliphatic rings. The van der Waals surface area contributed by atoms with Crippen molar-refractivity contribution in [1.82, 2.24) is 10.2 Å². The van der Waals surface area contributed by atoms with Crippen LogP contribution in [0.2, 0.25) is 0 Å². The van der Waals surface area contributed by atoms with Gasteiger partial charge in [-0.15, -0.1) is 0 Å². The molecule has 0 bridgehead atoms. The van der Waals surface area contributed by atoms with Crippen LogP contribution in [0.25, 0.3) is 0 Å². The van der Waals surface area contributed by atoms with Crippen molar-refractivity contribution < 1.29 is 9.59 Å². The van der Waals surface area contributed by atoms with Crippen molar-refractivity contribution in [2.24, 2.45) is 5.92 Å². The lowest BCUT2D eigenvalue weighted by molar-refractivity contribution is -0.136. The Morgan fingerprint density at radius 1 is 1.22 bits per heavy atom. The van der Waals surface area contributed by atoms with Crippen molar-refractivity contribution in [1.29, 1.82) is 0 Å². The molecule has 2 aliphatic carbocycles. The van der Waals surface area contributed by atoms with E-state index in [1.54, 1.807) is 0 Å². The Morgan fingerprint density at radius 3 is 2.48 bits per heavy atom. The van der Waals surface area contributed by atoms with E-state index in [0.717, 1.165) is 37.7 Å². The molecule has 124 valence electrons. The van der Waals surface area contributed by atoms with Gasteiger partial charge in [-0.1, -0.05) is 36.8 Å². The highest BCUT2D eigenvalue weighted by Crippen LogP contribution is 2.48. The minimum Gasteiger partial charge on any atom is -0.355 e. The van der Waals surface area contributed by atoms with E-state index in [1.165, 1.54) is 6.42 Å². The van der Waals surface area contributed by atoms with Crippen molar-refractivity contribution in [2.45, 2.75) is 43.9 Å². The average molecular weight is 314 g/mol. The minimum atomic E-state index is -0.297. The first kappa shape index (κ1) is 16.0. The fourth-order valence-electron chi connectivity index (χ4n) is 3.29. The molecule has 2 amide bonds. The molecule has 4 nitrogen and oxygen atoms in total. The van der Waals surface area contributed by atoms with Gasteiger partial charge in [-0.05, 0) is 37.7 Å². The molecular weight excluding hydrogens is 288 g/mol. The molecule has 1 N–H and O–H groups in total. The van der Waals surface area contributed by atoms with Gasteiger partial charge in [-0.2, -0.15) is 0 Å². The summed E-state index contributed by atoms with van der Waals surface area (Å²) in [5.74, 6) is 0.657. The Kier molecular flexibility index (Phi) is 4.69. The highest BCUT2D eigenvalue weighted by Gasteiger charge is 2.50. The van der Waals surface area contributed by atoms with Gasteiger partial charge in [0.1, 0.15) is 0 Å². The quantitative estimate of drug-likeness (QED) is 0.786. The van der Waals surface area contributed by atoms with Crippen molar-refractivity contribution in [3.05, 3.63) is 35.9 Å². The van der Waals surface area contributed by atoms with Crippen LogP contribution in [0.1, 0.15) is 44.1 Å². The summed E-state index contributed by atoms with van der Waals surface area (Å²) in [4.78, 5) is 26.3. The van der Waals surface area contributed by atoms with E-state index in [1.807, 2.05) is 42.3 Å². The number of carbonyl (C=O) groups excluding carboxylic acids is 2. The molecule has 0 aliphatic heterocycles. The number of rotatable bonds is 7. The molecule has 1 aromatic carbocycles. The summed E-state index contributed by atoms with van der Waals surface area (Å²) in [5, 5.41) is 3.06. The van der Waals surface area contributed by atoms with Gasteiger partial charge in [-0.3, -0.25) is 9.59 Å². The van der Waals surface area contributed by atoms with Crippen molar-refractivity contribution >= 4 is 11.8 Å². The molecule has 3 rings (SSSR count). The second kappa shape index (κ2) is 6.73. The zero-order chi connectivity index (χ0) is 16.3. The van der Waals surface area contributed by atoms with Gasteiger partial charge in [0.05, 0.1) is 5.41 Å². The predicted octanol–water partition coefficient (Wildman–Crippen LogP) is 2.48. The molecular formula is C19H26N2O2. The molecule has 4 heteroatoms. The van der Waals surface area contributed by atoms with Crippen LogP contribution >= 0.6 is 0 Å². The second-order valence-electron chi connectivity index (χ2n) is 6.95. The maximum Gasteiger partial charge on any atom is 0.230 e. The fraction of sp³-hybridized carbons (Fsp3) is 0.579. The van der Waals surface area contributed by atoms with Crippen LogP contribution in [0.3, 0.4) is 0 Å². The van der Waals surface area contributed by atoms with Gasteiger partial charge >= 0.3 is 0 Å². The Labute approximate surface area is 138 Å². The zero-order valence-corrected chi connectivity index (χ0v) is 13.9. The Hall–Kier alpha value is -1.84. The predicted molar refractivity (Wildman–Crippen MR) is 90.0 cm³/mol. The number of hydrogen-bond acceptors (Lipinski definition) is 2. The highest BCUT2D eigenvalue weighted by molar-refractivity contribution is 5.91. The Balaban J connectivity index is 1.41. The average Bonchev–Trinajstić information content (AvgIpc) is 3.32. The standard InChI is InChI=1S/C19H26N2O2/c1-21(17(22)15-7-5-8-15)14-6-13-20-18(23)19(11-12-19)16-9-3-2-4-10-16/h2-4,9-10,15H,5-8,11-14H2,1H3,(H,20,23). The van der Waals surface area contributed by atoms with Crippen LogP contribution in [0.15, 0.2) is 30.3 Å². The third kappa shape index (κ3) is 3.41. The molecule has 0 unspecified atom stereocenters. The Morgan fingerprint density at radius 2 is 1.91 bits per heavy atom. The summed E-state index contributed by atoms with van der Waals surface area (Å²) in [6.45, 7) is 1.35. The summed E-state index contributed by atoms with van der Waals surface area (Å²) in [5.41, 5.74) is 0.823. The molecule has 0 saturated heterocycles. The normalized spacial score (nSPS) is 18.8. The van der Waals surface area contributed by atoms with Crippen LogP contribution < -0.4 is 5.32 Å². The van der Waals surface area contributed by atoms with Crippen LogP contribution in [0.5, 0.6) is 0 Å². The summed E-state index contributed by atoms with van der Waals surface area (Å²) in [7, 11) is 1.87. The third-order valence-electron chi connectivity index (χ3n) is 5.30. The summed E-state index contributed by atoms with van der Waals surface area (Å²) in [6, 6.07) is 10.0. The van der Waals surface area contributed by atoms with Crippen molar-refractivity contribution in [2.75, 3.05) is 20.1 Å². The van der Waals surface area contributed by atoms with Gasteiger partial charge in [0.25, 0.3) is 0 Å². The maximum absolute atomic E-state index is 12.5. The minimum absolute atomic E-state index is 0.136. The molecule has 23 heavy (non-hydrogen) atoms. The number of nitrogens with zero attached hydrogens (tertiary/aromatic N) is 1. The van der Waals surface area contributed by atoms with Crippen LogP contribution in [0, 0.1) is 5.92 Å². The molecule has 0 radical (unpaired) electrons. The van der Waals surface area contributed by atoms with E-state index in [9.17, 15) is 9.59 Å². The van der Waals surface area contributed by atoms with Crippen LogP contribution in [0.4, 0.5) is 0 Å². The van der Waals surface area contributed by atoms with E-state index in [2.05, 4.69) is 5.32 Å². The second-order valence-corrected chi connectivity index (χ2v) is 6.95. The summed E-state index contributed by atoms with van der Waals surface area (Å²) >= 11 is 0. The lowest BCUT2D eigenvalue weighted by Crippen LogP contribution is -2.39. The van der Waals surface area contributed by atoms with E-state index in [0.29, 0.717) is 13.1 Å². The Bertz CT molecular complexity index is 562. The fourth-order valence-corrected chi connectivity index (χ4v) is 3.29. The molecule has 0 spiro atoms. The molecule has 0 aromatic heterocycles. The van der Waals surface area contributed by atoms with Gasteiger partial charge < -0.3 is 10.2 Å². The molecule has 2 fully saturated rings. The highest BCUT2D eigenvalue weighted by atomic mass is 16.2. The smallest absolute Gasteiger partial charge is 0.230 e. The number of hydrogen-bond donors (Lipinski definition) is 1. The van der Waals surface area contributed by atoms with Crippen LogP contribution in [-0.2, 0) is 15.0 Å². The first-order valence-corrected chi connectivity index (χ1v) is 8.72. The number of amides is 2. The first-order chi connectivity index (χ1) is 11.1. The number of benzene rings is 1. The first-order valence-electron chi connectivity index (χ1n) is 8.72. The molecule has 1 aromatic rings. The zero-order valence-electron chi connectivity index (χ0n) is 13.9.